The molecule has 1 amide bonds. The summed E-state index contributed by atoms with van der Waals surface area (Å²) in [5.74, 6) is 0.113. The minimum absolute atomic E-state index is 0.0248. The second kappa shape index (κ2) is 7.89. The lowest BCUT2D eigenvalue weighted by Gasteiger charge is -2.27. The molecule has 8 heteroatoms. The van der Waals surface area contributed by atoms with E-state index >= 15 is 0 Å². The maximum Gasteiger partial charge on any atom is 0.258 e. The number of aryl methyl sites for hydroxylation is 2. The Labute approximate surface area is 180 Å². The van der Waals surface area contributed by atoms with Gasteiger partial charge in [0.25, 0.3) is 5.91 Å². The van der Waals surface area contributed by atoms with Crippen LogP contribution in [0.5, 0.6) is 0 Å². The number of anilines is 1. The number of fused-ring (bicyclic) bond motifs is 1. The van der Waals surface area contributed by atoms with Gasteiger partial charge >= 0.3 is 0 Å². The van der Waals surface area contributed by atoms with Gasteiger partial charge in [-0.1, -0.05) is 35.9 Å². The molecule has 2 aromatic carbocycles. The normalized spacial score (nSPS) is 16.2. The molecule has 1 aromatic heterocycles. The molecular weight excluding hydrogens is 422 g/mol. The zero-order valence-corrected chi connectivity index (χ0v) is 18.3. The molecule has 1 aliphatic carbocycles. The molecule has 0 aliphatic heterocycles. The Morgan fingerprint density at radius 1 is 1.23 bits per heavy atom. The number of sulfone groups is 1. The topological polar surface area (TPSA) is 81.1 Å². The smallest absolute Gasteiger partial charge is 0.258 e. The first-order chi connectivity index (χ1) is 14.3. The molecule has 1 aliphatic rings. The first-order valence-electron chi connectivity index (χ1n) is 9.68. The quantitative estimate of drug-likeness (QED) is 0.646. The van der Waals surface area contributed by atoms with Gasteiger partial charge in [0.05, 0.1) is 27.7 Å². The molecule has 30 heavy (non-hydrogen) atoms. The molecule has 0 bridgehead atoms. The Balaban J connectivity index is 1.70. The van der Waals surface area contributed by atoms with Crippen LogP contribution in [0, 0.1) is 6.92 Å². The molecular formula is C22H22ClN3O3S. The van der Waals surface area contributed by atoms with Crippen molar-refractivity contribution < 1.29 is 13.2 Å². The lowest BCUT2D eigenvalue weighted by Crippen LogP contribution is -2.23. The molecule has 0 saturated carbocycles. The summed E-state index contributed by atoms with van der Waals surface area (Å²) in [6.45, 7) is 1.88. The lowest BCUT2D eigenvalue weighted by molar-refractivity contribution is 0.102. The predicted molar refractivity (Wildman–Crippen MR) is 117 cm³/mol. The summed E-state index contributed by atoms with van der Waals surface area (Å²) in [6.07, 6.45) is 5.81. The molecule has 1 atom stereocenters. The number of nitrogens with zero attached hydrogens (tertiary/aromatic N) is 2. The molecule has 0 saturated heterocycles. The number of nitrogens with one attached hydrogen (secondary N) is 1. The van der Waals surface area contributed by atoms with Crippen molar-refractivity contribution in [2.24, 2.45) is 0 Å². The third-order valence-corrected chi connectivity index (χ3v) is 6.89. The molecule has 4 rings (SSSR count). The van der Waals surface area contributed by atoms with Gasteiger partial charge in [-0.25, -0.2) is 13.1 Å². The highest BCUT2D eigenvalue weighted by atomic mass is 35.5. The number of carbonyl (C=O) groups excluding carboxylic acids is 1. The number of halogens is 1. The van der Waals surface area contributed by atoms with Gasteiger partial charge in [0.1, 0.15) is 5.82 Å². The van der Waals surface area contributed by atoms with Gasteiger partial charge in [-0.15, -0.1) is 0 Å². The summed E-state index contributed by atoms with van der Waals surface area (Å²) < 4.78 is 25.6. The fourth-order valence-electron chi connectivity index (χ4n) is 3.91. The van der Waals surface area contributed by atoms with E-state index in [0.29, 0.717) is 5.82 Å². The molecule has 0 radical (unpaired) electrons. The summed E-state index contributed by atoms with van der Waals surface area (Å²) in [4.78, 5) is 13.1. The Hall–Kier alpha value is -2.64. The molecule has 1 N–H and O–H groups in total. The first kappa shape index (κ1) is 20.6. The Morgan fingerprint density at radius 3 is 2.77 bits per heavy atom. The van der Waals surface area contributed by atoms with Gasteiger partial charge in [-0.05, 0) is 55.5 Å². The van der Waals surface area contributed by atoms with Gasteiger partial charge in [0, 0.05) is 11.8 Å². The van der Waals surface area contributed by atoms with Crippen molar-refractivity contribution in [1.29, 1.82) is 0 Å². The molecule has 3 aromatic rings. The standard InChI is InChI=1S/C22H22ClN3O3S/c1-14-13-24-26(20-9-5-7-15-6-3-4-8-17(15)20)21(14)25-22(27)18-12-16(30(2,28)29)10-11-19(18)23/h3-4,6,8,10-13,20H,5,7,9H2,1-2H3,(H,25,27). The molecule has 156 valence electrons. The van der Waals surface area contributed by atoms with Crippen molar-refractivity contribution in [3.05, 3.63) is 75.9 Å². The monoisotopic (exact) mass is 443 g/mol. The maximum absolute atomic E-state index is 13.0. The summed E-state index contributed by atoms with van der Waals surface area (Å²) in [7, 11) is -3.46. The van der Waals surface area contributed by atoms with E-state index in [2.05, 4.69) is 22.5 Å². The summed E-state index contributed by atoms with van der Waals surface area (Å²) in [5.41, 5.74) is 3.43. The van der Waals surface area contributed by atoms with Crippen molar-refractivity contribution in [2.75, 3.05) is 11.6 Å². The first-order valence-corrected chi connectivity index (χ1v) is 12.0. The van der Waals surface area contributed by atoms with Crippen molar-refractivity contribution in [3.63, 3.8) is 0 Å². The molecule has 6 nitrogen and oxygen atoms in total. The largest absolute Gasteiger partial charge is 0.306 e. The minimum atomic E-state index is -3.46. The third-order valence-electron chi connectivity index (χ3n) is 5.45. The van der Waals surface area contributed by atoms with E-state index in [1.54, 1.807) is 6.20 Å². The fraction of sp³-hybridized carbons (Fsp3) is 0.273. The zero-order valence-electron chi connectivity index (χ0n) is 16.7. The van der Waals surface area contributed by atoms with Crippen LogP contribution in [-0.2, 0) is 16.3 Å². The SMILES string of the molecule is Cc1cnn(C2CCCc3ccccc32)c1NC(=O)c1cc(S(C)(=O)=O)ccc1Cl. The molecule has 0 spiro atoms. The molecule has 1 heterocycles. The van der Waals surface area contributed by atoms with E-state index in [1.807, 2.05) is 23.7 Å². The van der Waals surface area contributed by atoms with Crippen LogP contribution in [-0.4, -0.2) is 30.4 Å². The summed E-state index contributed by atoms with van der Waals surface area (Å²) in [5, 5.41) is 7.63. The van der Waals surface area contributed by atoms with E-state index in [9.17, 15) is 13.2 Å². The van der Waals surface area contributed by atoms with Gasteiger partial charge < -0.3 is 5.32 Å². The van der Waals surface area contributed by atoms with Crippen LogP contribution in [0.2, 0.25) is 5.02 Å². The van der Waals surface area contributed by atoms with E-state index < -0.39 is 15.7 Å². The van der Waals surface area contributed by atoms with Crippen molar-refractivity contribution in [2.45, 2.75) is 37.1 Å². The Kier molecular flexibility index (Phi) is 5.42. The number of carbonyl (C=O) groups is 1. The zero-order chi connectivity index (χ0) is 21.5. The maximum atomic E-state index is 13.0. The fourth-order valence-corrected chi connectivity index (χ4v) is 4.76. The van der Waals surface area contributed by atoms with Crippen LogP contribution in [0.15, 0.2) is 53.6 Å². The summed E-state index contributed by atoms with van der Waals surface area (Å²) in [6, 6.07) is 12.4. The van der Waals surface area contributed by atoms with Gasteiger partial charge in [0.15, 0.2) is 9.84 Å². The second-order valence-electron chi connectivity index (χ2n) is 7.60. The number of aromatic nitrogens is 2. The highest BCUT2D eigenvalue weighted by Crippen LogP contribution is 2.35. The van der Waals surface area contributed by atoms with E-state index in [4.69, 9.17) is 11.6 Å². The van der Waals surface area contributed by atoms with Crippen LogP contribution in [0.3, 0.4) is 0 Å². The van der Waals surface area contributed by atoms with E-state index in [1.165, 1.54) is 29.3 Å². The Morgan fingerprint density at radius 2 is 2.00 bits per heavy atom. The van der Waals surface area contributed by atoms with Crippen LogP contribution in [0.25, 0.3) is 0 Å². The minimum Gasteiger partial charge on any atom is -0.306 e. The molecule has 1 unspecified atom stereocenters. The number of hydrogen-bond donors (Lipinski definition) is 1. The average Bonchev–Trinajstić information content (AvgIpc) is 3.07. The van der Waals surface area contributed by atoms with Crippen LogP contribution in [0.4, 0.5) is 5.82 Å². The van der Waals surface area contributed by atoms with Crippen molar-refractivity contribution in [3.8, 4) is 0 Å². The van der Waals surface area contributed by atoms with Crippen LogP contribution in [0.1, 0.15) is 45.9 Å². The van der Waals surface area contributed by atoms with Crippen LogP contribution >= 0.6 is 11.6 Å². The summed E-state index contributed by atoms with van der Waals surface area (Å²) >= 11 is 6.20. The van der Waals surface area contributed by atoms with E-state index in [0.717, 1.165) is 31.1 Å². The number of rotatable bonds is 4. The number of amides is 1. The van der Waals surface area contributed by atoms with Crippen LogP contribution < -0.4 is 5.32 Å². The molecule has 0 fully saturated rings. The van der Waals surface area contributed by atoms with Gasteiger partial charge in [0.2, 0.25) is 0 Å². The predicted octanol–water partition coefficient (Wildman–Crippen LogP) is 4.43. The second-order valence-corrected chi connectivity index (χ2v) is 10.0. The van der Waals surface area contributed by atoms with Gasteiger partial charge in [-0.3, -0.25) is 4.79 Å². The average molecular weight is 444 g/mol. The highest BCUT2D eigenvalue weighted by molar-refractivity contribution is 7.90. The highest BCUT2D eigenvalue weighted by Gasteiger charge is 2.26. The Bertz CT molecular complexity index is 1230. The third kappa shape index (κ3) is 3.87. The van der Waals surface area contributed by atoms with Crippen molar-refractivity contribution >= 4 is 33.2 Å². The number of hydrogen-bond acceptors (Lipinski definition) is 4. The lowest BCUT2D eigenvalue weighted by atomic mass is 9.88. The number of benzene rings is 2. The van der Waals surface area contributed by atoms with Gasteiger partial charge in [-0.2, -0.15) is 5.10 Å². The van der Waals surface area contributed by atoms with Crippen molar-refractivity contribution in [1.82, 2.24) is 9.78 Å². The van der Waals surface area contributed by atoms with E-state index in [-0.39, 0.29) is 21.5 Å².